The van der Waals surface area contributed by atoms with E-state index < -0.39 is 0 Å². The lowest BCUT2D eigenvalue weighted by Crippen LogP contribution is -2.32. The van der Waals surface area contributed by atoms with Crippen molar-refractivity contribution in [2.75, 3.05) is 26.2 Å². The van der Waals surface area contributed by atoms with Gasteiger partial charge in [-0.2, -0.15) is 0 Å². The van der Waals surface area contributed by atoms with E-state index in [1.54, 1.807) is 44.6 Å². The van der Waals surface area contributed by atoms with E-state index in [2.05, 4.69) is 4.98 Å². The Bertz CT molecular complexity index is 914. The predicted octanol–water partition coefficient (Wildman–Crippen LogP) is 4.09. The molecule has 1 atom stereocenters. The summed E-state index contributed by atoms with van der Waals surface area (Å²) in [6.07, 6.45) is 4.10. The van der Waals surface area contributed by atoms with Gasteiger partial charge in [-0.1, -0.05) is 30.3 Å². The highest BCUT2D eigenvalue weighted by Gasteiger charge is 2.25. The summed E-state index contributed by atoms with van der Waals surface area (Å²) in [7, 11) is 4.96. The summed E-state index contributed by atoms with van der Waals surface area (Å²) < 4.78 is 10.7. The number of benzene rings is 2. The van der Waals surface area contributed by atoms with Gasteiger partial charge in [0, 0.05) is 31.2 Å². The van der Waals surface area contributed by atoms with Crippen LogP contribution in [0.15, 0.2) is 73.1 Å². The number of hydrogen-bond acceptors (Lipinski definition) is 4. The fourth-order valence-electron chi connectivity index (χ4n) is 3.18. The van der Waals surface area contributed by atoms with E-state index in [9.17, 15) is 4.79 Å². The fourth-order valence-corrected chi connectivity index (χ4v) is 3.18. The Labute approximate surface area is 165 Å². The summed E-state index contributed by atoms with van der Waals surface area (Å²) in [5.41, 5.74) is 2.80. The van der Waals surface area contributed by atoms with Crippen LogP contribution in [0.3, 0.4) is 0 Å². The van der Waals surface area contributed by atoms with Crippen molar-refractivity contribution in [3.63, 3.8) is 0 Å². The Morgan fingerprint density at radius 3 is 2.29 bits per heavy atom. The molecule has 1 aromatic heterocycles. The maximum atomic E-state index is 13.4. The van der Waals surface area contributed by atoms with E-state index >= 15 is 0 Å². The van der Waals surface area contributed by atoms with E-state index in [4.69, 9.17) is 9.47 Å². The Morgan fingerprint density at radius 2 is 1.64 bits per heavy atom. The number of carbonyl (C=O) groups excluding carboxylic acids is 1. The lowest BCUT2D eigenvalue weighted by molar-refractivity contribution is -0.119. The smallest absolute Gasteiger partial charge is 0.234 e. The second-order valence-corrected chi connectivity index (χ2v) is 6.46. The number of aromatic nitrogens is 1. The van der Waals surface area contributed by atoms with Crippen molar-refractivity contribution in [3.8, 4) is 11.5 Å². The van der Waals surface area contributed by atoms with Gasteiger partial charge in [-0.15, -0.1) is 0 Å². The van der Waals surface area contributed by atoms with Crippen LogP contribution in [-0.4, -0.2) is 32.2 Å². The minimum atomic E-state index is -0.304. The molecule has 1 heterocycles. The number of nitrogens with zero attached hydrogens (tertiary/aromatic N) is 2. The van der Waals surface area contributed by atoms with Crippen molar-refractivity contribution in [1.82, 2.24) is 4.98 Å². The van der Waals surface area contributed by atoms with Crippen LogP contribution in [0.2, 0.25) is 0 Å². The number of hydrogen-bond donors (Lipinski definition) is 0. The number of amides is 1. The molecule has 0 saturated heterocycles. The molecule has 0 aliphatic carbocycles. The van der Waals surface area contributed by atoms with Gasteiger partial charge in [0.1, 0.15) is 0 Å². The quantitative estimate of drug-likeness (QED) is 0.623. The zero-order chi connectivity index (χ0) is 19.9. The monoisotopic (exact) mass is 376 g/mol. The fraction of sp³-hybridized carbons (Fsp3) is 0.217. The standard InChI is InChI=1S/C23H24N2O3/c1-25(19-9-10-21(27-2)22(16-19)28-3)23(26)20(18-7-5-4-6-8-18)15-17-11-13-24-14-12-17/h4-14,16,20H,15H2,1-3H3. The summed E-state index contributed by atoms with van der Waals surface area (Å²) in [6.45, 7) is 0. The maximum Gasteiger partial charge on any atom is 0.234 e. The molecule has 5 heteroatoms. The molecule has 0 spiro atoms. The molecule has 2 aromatic carbocycles. The maximum absolute atomic E-state index is 13.4. The number of methoxy groups -OCH3 is 2. The van der Waals surface area contributed by atoms with Crippen LogP contribution in [0.25, 0.3) is 0 Å². The first-order chi connectivity index (χ1) is 13.6. The normalized spacial score (nSPS) is 11.5. The molecule has 0 N–H and O–H groups in total. The molecular weight excluding hydrogens is 352 g/mol. The van der Waals surface area contributed by atoms with Crippen molar-refractivity contribution in [3.05, 3.63) is 84.2 Å². The molecule has 3 rings (SSSR count). The van der Waals surface area contributed by atoms with Gasteiger partial charge in [0.15, 0.2) is 11.5 Å². The molecule has 144 valence electrons. The minimum Gasteiger partial charge on any atom is -0.493 e. The first-order valence-electron chi connectivity index (χ1n) is 9.07. The van der Waals surface area contributed by atoms with Crippen LogP contribution in [0.4, 0.5) is 5.69 Å². The van der Waals surface area contributed by atoms with Gasteiger partial charge in [-0.05, 0) is 41.8 Å². The highest BCUT2D eigenvalue weighted by molar-refractivity contribution is 5.98. The lowest BCUT2D eigenvalue weighted by Gasteiger charge is -2.25. The Hall–Kier alpha value is -3.34. The van der Waals surface area contributed by atoms with Gasteiger partial charge < -0.3 is 14.4 Å². The van der Waals surface area contributed by atoms with Crippen molar-refractivity contribution in [1.29, 1.82) is 0 Å². The zero-order valence-corrected chi connectivity index (χ0v) is 16.3. The molecule has 3 aromatic rings. The summed E-state index contributed by atoms with van der Waals surface area (Å²) in [5.74, 6) is 0.922. The summed E-state index contributed by atoms with van der Waals surface area (Å²) in [6, 6.07) is 19.2. The molecule has 0 aliphatic rings. The molecule has 0 fully saturated rings. The van der Waals surface area contributed by atoms with Gasteiger partial charge in [-0.3, -0.25) is 9.78 Å². The van der Waals surface area contributed by atoms with Gasteiger partial charge in [-0.25, -0.2) is 0 Å². The first kappa shape index (κ1) is 19.4. The summed E-state index contributed by atoms with van der Waals surface area (Å²) in [4.78, 5) is 19.2. The van der Waals surface area contributed by atoms with E-state index in [1.807, 2.05) is 54.6 Å². The van der Waals surface area contributed by atoms with E-state index in [0.717, 1.165) is 16.8 Å². The largest absolute Gasteiger partial charge is 0.493 e. The SMILES string of the molecule is COc1ccc(N(C)C(=O)C(Cc2ccncc2)c2ccccc2)cc1OC. The number of ether oxygens (including phenoxy) is 2. The molecule has 5 nitrogen and oxygen atoms in total. The number of rotatable bonds is 7. The summed E-state index contributed by atoms with van der Waals surface area (Å²) >= 11 is 0. The molecule has 1 unspecified atom stereocenters. The molecule has 0 bridgehead atoms. The van der Waals surface area contributed by atoms with Crippen LogP contribution in [0.1, 0.15) is 17.0 Å². The van der Waals surface area contributed by atoms with Crippen LogP contribution < -0.4 is 14.4 Å². The van der Waals surface area contributed by atoms with Crippen molar-refractivity contribution < 1.29 is 14.3 Å². The number of likely N-dealkylation sites (N-methyl/N-ethyl adjacent to an activating group) is 1. The van der Waals surface area contributed by atoms with E-state index in [-0.39, 0.29) is 11.8 Å². The second-order valence-electron chi connectivity index (χ2n) is 6.46. The average molecular weight is 376 g/mol. The van der Waals surface area contributed by atoms with Crippen LogP contribution in [0.5, 0.6) is 11.5 Å². The first-order valence-corrected chi connectivity index (χ1v) is 9.07. The third-order valence-corrected chi connectivity index (χ3v) is 4.77. The van der Waals surface area contributed by atoms with Crippen molar-refractivity contribution >= 4 is 11.6 Å². The minimum absolute atomic E-state index is 0.00947. The molecule has 0 radical (unpaired) electrons. The molecular formula is C23H24N2O3. The zero-order valence-electron chi connectivity index (χ0n) is 16.3. The van der Waals surface area contributed by atoms with Gasteiger partial charge in [0.05, 0.1) is 20.1 Å². The lowest BCUT2D eigenvalue weighted by atomic mass is 9.91. The molecule has 0 saturated carbocycles. The Kier molecular flexibility index (Phi) is 6.27. The average Bonchev–Trinajstić information content (AvgIpc) is 2.77. The van der Waals surface area contributed by atoms with Crippen LogP contribution in [-0.2, 0) is 11.2 Å². The van der Waals surface area contributed by atoms with Gasteiger partial charge in [0.2, 0.25) is 5.91 Å². The van der Waals surface area contributed by atoms with Crippen molar-refractivity contribution in [2.24, 2.45) is 0 Å². The number of carbonyl (C=O) groups is 1. The van der Waals surface area contributed by atoms with Crippen molar-refractivity contribution in [2.45, 2.75) is 12.3 Å². The number of pyridine rings is 1. The van der Waals surface area contributed by atoms with Crippen LogP contribution >= 0.6 is 0 Å². The molecule has 28 heavy (non-hydrogen) atoms. The molecule has 0 aliphatic heterocycles. The molecule has 1 amide bonds. The Balaban J connectivity index is 1.92. The highest BCUT2D eigenvalue weighted by Crippen LogP contribution is 2.33. The highest BCUT2D eigenvalue weighted by atomic mass is 16.5. The second kappa shape index (κ2) is 9.04. The van der Waals surface area contributed by atoms with Crippen LogP contribution in [0, 0.1) is 0 Å². The van der Waals surface area contributed by atoms with Gasteiger partial charge >= 0.3 is 0 Å². The van der Waals surface area contributed by atoms with Gasteiger partial charge in [0.25, 0.3) is 0 Å². The number of anilines is 1. The van der Waals surface area contributed by atoms with E-state index in [0.29, 0.717) is 17.9 Å². The predicted molar refractivity (Wildman–Crippen MR) is 110 cm³/mol. The third kappa shape index (κ3) is 4.31. The summed E-state index contributed by atoms with van der Waals surface area (Å²) in [5, 5.41) is 0. The topological polar surface area (TPSA) is 51.7 Å². The van der Waals surface area contributed by atoms with E-state index in [1.165, 1.54) is 0 Å². The Morgan fingerprint density at radius 1 is 0.964 bits per heavy atom. The third-order valence-electron chi connectivity index (χ3n) is 4.77.